The third-order valence-electron chi connectivity index (χ3n) is 3.82. The van der Waals surface area contributed by atoms with Crippen molar-refractivity contribution in [1.82, 2.24) is 5.32 Å². The molecule has 1 heterocycles. The molecule has 0 spiro atoms. The van der Waals surface area contributed by atoms with Gasteiger partial charge in [0.1, 0.15) is 0 Å². The van der Waals surface area contributed by atoms with Crippen molar-refractivity contribution < 1.29 is 4.79 Å². The molecule has 4 heteroatoms. The number of halogens is 1. The van der Waals surface area contributed by atoms with Crippen LogP contribution in [0.3, 0.4) is 0 Å². The Hall–Kier alpha value is -1.65. The van der Waals surface area contributed by atoms with Crippen LogP contribution in [0.25, 0.3) is 0 Å². The molecule has 3 nitrogen and oxygen atoms in total. The number of amides is 1. The maximum Gasteiger partial charge on any atom is 0.256 e. The van der Waals surface area contributed by atoms with E-state index in [1.807, 2.05) is 37.3 Å². The first-order chi connectivity index (χ1) is 10.2. The first kappa shape index (κ1) is 14.3. The average Bonchev–Trinajstić information content (AvgIpc) is 2.50. The van der Waals surface area contributed by atoms with Gasteiger partial charge < -0.3 is 10.6 Å². The zero-order chi connectivity index (χ0) is 14.8. The summed E-state index contributed by atoms with van der Waals surface area (Å²) in [5, 5.41) is 6.41. The van der Waals surface area contributed by atoms with Gasteiger partial charge in [0.25, 0.3) is 5.91 Å². The Morgan fingerprint density at radius 2 is 2.05 bits per heavy atom. The maximum atomic E-state index is 12.5. The summed E-state index contributed by atoms with van der Waals surface area (Å²) in [4.78, 5) is 12.5. The molecule has 0 fully saturated rings. The highest BCUT2D eigenvalue weighted by Crippen LogP contribution is 2.26. The standard InChI is InChI=1S/C17H17BrN2O/c1-11-4-2-6-14(16(11)18)17(21)20-15-7-3-5-12-10-19-9-8-13(12)15/h2-7,19H,8-10H2,1H3,(H,20,21). The Bertz CT molecular complexity index is 697. The second kappa shape index (κ2) is 6.00. The molecule has 21 heavy (non-hydrogen) atoms. The van der Waals surface area contributed by atoms with Crippen molar-refractivity contribution in [3.8, 4) is 0 Å². The highest BCUT2D eigenvalue weighted by molar-refractivity contribution is 9.10. The van der Waals surface area contributed by atoms with E-state index in [9.17, 15) is 4.79 Å². The Morgan fingerprint density at radius 1 is 1.24 bits per heavy atom. The molecule has 1 amide bonds. The van der Waals surface area contributed by atoms with Gasteiger partial charge in [-0.3, -0.25) is 4.79 Å². The van der Waals surface area contributed by atoms with Gasteiger partial charge in [-0.05, 0) is 64.6 Å². The minimum Gasteiger partial charge on any atom is -0.322 e. The van der Waals surface area contributed by atoms with Crippen molar-refractivity contribution in [2.75, 3.05) is 11.9 Å². The number of carbonyl (C=O) groups excluding carboxylic acids is 1. The Labute approximate surface area is 132 Å². The van der Waals surface area contributed by atoms with E-state index in [1.54, 1.807) is 0 Å². The molecule has 1 aliphatic heterocycles. The molecule has 0 aliphatic carbocycles. The molecule has 1 aliphatic rings. The van der Waals surface area contributed by atoms with E-state index in [2.05, 4.69) is 32.6 Å². The Balaban J connectivity index is 1.90. The van der Waals surface area contributed by atoms with E-state index < -0.39 is 0 Å². The molecule has 2 aromatic rings. The summed E-state index contributed by atoms with van der Waals surface area (Å²) in [6.07, 6.45) is 0.945. The highest BCUT2D eigenvalue weighted by atomic mass is 79.9. The van der Waals surface area contributed by atoms with Gasteiger partial charge in [0.2, 0.25) is 0 Å². The first-order valence-corrected chi connectivity index (χ1v) is 7.84. The van der Waals surface area contributed by atoms with Crippen molar-refractivity contribution in [1.29, 1.82) is 0 Å². The molecule has 0 bridgehead atoms. The van der Waals surface area contributed by atoms with Crippen LogP contribution in [0, 0.1) is 6.92 Å². The number of anilines is 1. The lowest BCUT2D eigenvalue weighted by molar-refractivity contribution is 0.102. The lowest BCUT2D eigenvalue weighted by Crippen LogP contribution is -2.25. The average molecular weight is 345 g/mol. The van der Waals surface area contributed by atoms with Crippen LogP contribution in [-0.4, -0.2) is 12.5 Å². The number of fused-ring (bicyclic) bond motifs is 1. The number of hydrogen-bond donors (Lipinski definition) is 2. The van der Waals surface area contributed by atoms with Crippen molar-refractivity contribution in [2.45, 2.75) is 19.9 Å². The van der Waals surface area contributed by atoms with Gasteiger partial charge in [-0.15, -0.1) is 0 Å². The van der Waals surface area contributed by atoms with Gasteiger partial charge in [0.05, 0.1) is 5.56 Å². The van der Waals surface area contributed by atoms with Crippen LogP contribution in [0.4, 0.5) is 5.69 Å². The van der Waals surface area contributed by atoms with Crippen LogP contribution in [0.2, 0.25) is 0 Å². The van der Waals surface area contributed by atoms with Gasteiger partial charge >= 0.3 is 0 Å². The van der Waals surface area contributed by atoms with E-state index in [-0.39, 0.29) is 5.91 Å². The van der Waals surface area contributed by atoms with Gasteiger partial charge in [-0.1, -0.05) is 24.3 Å². The van der Waals surface area contributed by atoms with E-state index in [0.29, 0.717) is 5.56 Å². The third-order valence-corrected chi connectivity index (χ3v) is 4.88. The molecule has 0 saturated carbocycles. The van der Waals surface area contributed by atoms with Crippen molar-refractivity contribution in [3.05, 3.63) is 63.1 Å². The molecule has 108 valence electrons. The third kappa shape index (κ3) is 2.87. The van der Waals surface area contributed by atoms with Crippen LogP contribution < -0.4 is 10.6 Å². The first-order valence-electron chi connectivity index (χ1n) is 7.05. The summed E-state index contributed by atoms with van der Waals surface area (Å²) in [6, 6.07) is 11.8. The van der Waals surface area contributed by atoms with E-state index in [4.69, 9.17) is 0 Å². The number of benzene rings is 2. The summed E-state index contributed by atoms with van der Waals surface area (Å²) in [7, 11) is 0. The number of nitrogens with one attached hydrogen (secondary N) is 2. The smallest absolute Gasteiger partial charge is 0.256 e. The number of hydrogen-bond acceptors (Lipinski definition) is 2. The fourth-order valence-electron chi connectivity index (χ4n) is 2.66. The van der Waals surface area contributed by atoms with Crippen LogP contribution in [0.15, 0.2) is 40.9 Å². The largest absolute Gasteiger partial charge is 0.322 e. The highest BCUT2D eigenvalue weighted by Gasteiger charge is 2.16. The summed E-state index contributed by atoms with van der Waals surface area (Å²) in [6.45, 7) is 3.80. The molecule has 2 N–H and O–H groups in total. The summed E-state index contributed by atoms with van der Waals surface area (Å²) in [5.41, 5.74) is 5.16. The van der Waals surface area contributed by atoms with E-state index in [0.717, 1.165) is 35.2 Å². The minimum atomic E-state index is -0.0718. The second-order valence-corrected chi connectivity index (χ2v) is 6.05. The Morgan fingerprint density at radius 3 is 2.90 bits per heavy atom. The van der Waals surface area contributed by atoms with Gasteiger partial charge in [-0.2, -0.15) is 0 Å². The predicted octanol–water partition coefficient (Wildman–Crippen LogP) is 3.66. The van der Waals surface area contributed by atoms with Crippen LogP contribution in [0.5, 0.6) is 0 Å². The molecular formula is C17H17BrN2O. The topological polar surface area (TPSA) is 41.1 Å². The maximum absolute atomic E-state index is 12.5. The van der Waals surface area contributed by atoms with Gasteiger partial charge in [0.15, 0.2) is 0 Å². The van der Waals surface area contributed by atoms with Crippen LogP contribution in [-0.2, 0) is 13.0 Å². The van der Waals surface area contributed by atoms with Crippen LogP contribution in [0.1, 0.15) is 27.0 Å². The van der Waals surface area contributed by atoms with Crippen molar-refractivity contribution >= 4 is 27.5 Å². The fraction of sp³-hybridized carbons (Fsp3) is 0.235. The molecule has 0 unspecified atom stereocenters. The zero-order valence-electron chi connectivity index (χ0n) is 11.9. The van der Waals surface area contributed by atoms with Gasteiger partial charge in [0, 0.05) is 16.7 Å². The quantitative estimate of drug-likeness (QED) is 0.872. The molecular weight excluding hydrogens is 328 g/mol. The normalized spacial score (nSPS) is 13.6. The van der Waals surface area contributed by atoms with E-state index in [1.165, 1.54) is 11.1 Å². The molecule has 3 rings (SSSR count). The minimum absolute atomic E-state index is 0.0718. The Kier molecular flexibility index (Phi) is 4.08. The lowest BCUT2D eigenvalue weighted by Gasteiger charge is -2.20. The summed E-state index contributed by atoms with van der Waals surface area (Å²) in [5.74, 6) is -0.0718. The second-order valence-electron chi connectivity index (χ2n) is 5.26. The molecule has 0 radical (unpaired) electrons. The van der Waals surface area contributed by atoms with Crippen molar-refractivity contribution in [3.63, 3.8) is 0 Å². The van der Waals surface area contributed by atoms with Crippen LogP contribution >= 0.6 is 15.9 Å². The number of rotatable bonds is 2. The molecule has 2 aromatic carbocycles. The van der Waals surface area contributed by atoms with Crippen molar-refractivity contribution in [2.24, 2.45) is 0 Å². The summed E-state index contributed by atoms with van der Waals surface area (Å²) < 4.78 is 0.856. The number of aryl methyl sites for hydroxylation is 1. The SMILES string of the molecule is Cc1cccc(C(=O)Nc2cccc3c2CCNC3)c1Br. The number of carbonyl (C=O) groups is 1. The summed E-state index contributed by atoms with van der Waals surface area (Å²) >= 11 is 3.50. The lowest BCUT2D eigenvalue weighted by atomic mass is 9.99. The van der Waals surface area contributed by atoms with Gasteiger partial charge in [-0.25, -0.2) is 0 Å². The molecule has 0 saturated heterocycles. The zero-order valence-corrected chi connectivity index (χ0v) is 13.5. The fourth-order valence-corrected chi connectivity index (χ4v) is 3.11. The predicted molar refractivity (Wildman–Crippen MR) is 88.7 cm³/mol. The monoisotopic (exact) mass is 344 g/mol. The van der Waals surface area contributed by atoms with E-state index >= 15 is 0 Å². The molecule has 0 atom stereocenters. The molecule has 0 aromatic heterocycles.